The van der Waals surface area contributed by atoms with Gasteiger partial charge in [0.25, 0.3) is 0 Å². The number of benzene rings is 2. The molecule has 152 valence electrons. The minimum atomic E-state index is -0.441. The minimum absolute atomic E-state index is 0.391. The summed E-state index contributed by atoms with van der Waals surface area (Å²) >= 11 is 13.0. The van der Waals surface area contributed by atoms with Crippen LogP contribution >= 0.6 is 35.2 Å². The lowest BCUT2D eigenvalue weighted by Crippen LogP contribution is -2.18. The third-order valence-electron chi connectivity index (χ3n) is 4.37. The molecule has 0 spiro atoms. The van der Waals surface area contributed by atoms with E-state index in [2.05, 4.69) is 15.7 Å². The lowest BCUT2D eigenvalue weighted by molar-refractivity contribution is 0.0606. The molecule has 0 atom stereocenters. The molecule has 2 N–H and O–H groups in total. The molecule has 0 fully saturated rings. The van der Waals surface area contributed by atoms with Gasteiger partial charge in [-0.1, -0.05) is 23.7 Å². The van der Waals surface area contributed by atoms with Crippen molar-refractivity contribution in [3.8, 4) is 0 Å². The first-order chi connectivity index (χ1) is 14.5. The van der Waals surface area contributed by atoms with Crippen LogP contribution < -0.4 is 10.6 Å². The summed E-state index contributed by atoms with van der Waals surface area (Å²) in [5, 5.41) is 12.2. The normalized spacial score (nSPS) is 10.7. The predicted molar refractivity (Wildman–Crippen MR) is 126 cm³/mol. The summed E-state index contributed by atoms with van der Waals surface area (Å²) in [4.78, 5) is 12.2. The number of fused-ring (bicyclic) bond motifs is 1. The molecule has 30 heavy (non-hydrogen) atoms. The van der Waals surface area contributed by atoms with Crippen LogP contribution in [-0.4, -0.2) is 28.0 Å². The summed E-state index contributed by atoms with van der Waals surface area (Å²) in [6.45, 7) is 0.715. The number of hydrogen-bond acceptors (Lipinski definition) is 5. The highest BCUT2D eigenvalue weighted by molar-refractivity contribution is 7.80. The second-order valence-corrected chi connectivity index (χ2v) is 8.27. The first kappa shape index (κ1) is 20.3. The van der Waals surface area contributed by atoms with Crippen molar-refractivity contribution in [2.24, 2.45) is 0 Å². The maximum absolute atomic E-state index is 11.8. The maximum Gasteiger partial charge on any atom is 0.349 e. The molecular weight excluding hydrogens is 440 g/mol. The Labute approximate surface area is 187 Å². The Kier molecular flexibility index (Phi) is 5.98. The molecule has 2 heterocycles. The average molecular weight is 457 g/mol. The fraction of sp³-hybridized carbons (Fsp3) is 0.0952. The van der Waals surface area contributed by atoms with Crippen molar-refractivity contribution in [1.29, 1.82) is 0 Å². The number of esters is 1. The monoisotopic (exact) mass is 456 g/mol. The van der Waals surface area contributed by atoms with Gasteiger partial charge in [0.05, 0.1) is 18.7 Å². The first-order valence-corrected chi connectivity index (χ1v) is 10.6. The Balaban J connectivity index is 1.42. The summed E-state index contributed by atoms with van der Waals surface area (Å²) in [7, 11) is 1.34. The van der Waals surface area contributed by atoms with E-state index in [0.29, 0.717) is 21.6 Å². The van der Waals surface area contributed by atoms with Gasteiger partial charge in [-0.25, -0.2) is 4.79 Å². The van der Waals surface area contributed by atoms with Crippen molar-refractivity contribution in [3.63, 3.8) is 0 Å². The molecule has 0 amide bonds. The van der Waals surface area contributed by atoms with Crippen molar-refractivity contribution in [2.75, 3.05) is 17.7 Å². The average Bonchev–Trinajstić information content (AvgIpc) is 3.36. The van der Waals surface area contributed by atoms with Gasteiger partial charge in [0.1, 0.15) is 4.88 Å². The first-order valence-electron chi connectivity index (χ1n) is 8.98. The fourth-order valence-electron chi connectivity index (χ4n) is 2.93. The van der Waals surface area contributed by atoms with Crippen molar-refractivity contribution < 1.29 is 9.53 Å². The standard InChI is InChI=1S/C21H17ClN4O2S2/c1-28-20(27)19-18(22)16-8-7-15(11-17(16)30-19)25-21(29)24-14-5-3-13(4-6-14)12-26-10-2-9-23-26/h2-11H,12H2,1H3,(H2,24,25,29). The summed E-state index contributed by atoms with van der Waals surface area (Å²) in [6.07, 6.45) is 3.69. The van der Waals surface area contributed by atoms with Crippen molar-refractivity contribution in [3.05, 3.63) is 76.4 Å². The molecule has 0 unspecified atom stereocenters. The zero-order chi connectivity index (χ0) is 21.1. The highest BCUT2D eigenvalue weighted by Crippen LogP contribution is 2.37. The zero-order valence-corrected chi connectivity index (χ0v) is 18.3. The van der Waals surface area contributed by atoms with Gasteiger partial charge in [0, 0.05) is 33.9 Å². The third kappa shape index (κ3) is 4.46. The molecule has 0 radical (unpaired) electrons. The SMILES string of the molecule is COC(=O)c1sc2cc(NC(=S)Nc3ccc(Cn4cccn4)cc3)ccc2c1Cl. The van der Waals surface area contributed by atoms with Crippen LogP contribution in [0.5, 0.6) is 0 Å². The van der Waals surface area contributed by atoms with E-state index >= 15 is 0 Å². The Morgan fingerprint density at radius 3 is 2.63 bits per heavy atom. The number of nitrogens with one attached hydrogen (secondary N) is 2. The largest absolute Gasteiger partial charge is 0.465 e. The molecule has 0 bridgehead atoms. The topological polar surface area (TPSA) is 68.2 Å². The number of anilines is 2. The molecule has 4 aromatic rings. The zero-order valence-electron chi connectivity index (χ0n) is 15.9. The number of carbonyl (C=O) groups excluding carboxylic acids is 1. The molecular formula is C21H17ClN4O2S2. The minimum Gasteiger partial charge on any atom is -0.465 e. The Morgan fingerprint density at radius 1 is 1.20 bits per heavy atom. The second-order valence-electron chi connectivity index (χ2n) is 6.43. The van der Waals surface area contributed by atoms with E-state index in [4.69, 9.17) is 28.6 Å². The lowest BCUT2D eigenvalue weighted by Gasteiger charge is -2.11. The predicted octanol–water partition coefficient (Wildman–Crippen LogP) is 5.40. The fourth-order valence-corrected chi connectivity index (χ4v) is 4.64. The highest BCUT2D eigenvalue weighted by Gasteiger charge is 2.17. The number of nitrogens with zero attached hydrogens (tertiary/aromatic N) is 2. The molecule has 2 aromatic heterocycles. The van der Waals surface area contributed by atoms with Crippen LogP contribution in [0.3, 0.4) is 0 Å². The summed E-state index contributed by atoms with van der Waals surface area (Å²) in [5.74, 6) is -0.441. The quantitative estimate of drug-likeness (QED) is 0.310. The van der Waals surface area contributed by atoms with E-state index in [1.165, 1.54) is 18.4 Å². The van der Waals surface area contributed by atoms with Gasteiger partial charge in [-0.3, -0.25) is 4.68 Å². The van der Waals surface area contributed by atoms with Gasteiger partial charge in [-0.15, -0.1) is 11.3 Å². The van der Waals surface area contributed by atoms with Crippen molar-refractivity contribution in [2.45, 2.75) is 6.54 Å². The second kappa shape index (κ2) is 8.83. The number of rotatable bonds is 5. The molecule has 9 heteroatoms. The number of ether oxygens (including phenoxy) is 1. The molecule has 0 aliphatic carbocycles. The van der Waals surface area contributed by atoms with E-state index in [1.807, 2.05) is 59.4 Å². The number of thiocarbonyl (C=S) groups is 1. The van der Waals surface area contributed by atoms with E-state index in [0.717, 1.165) is 27.0 Å². The van der Waals surface area contributed by atoms with Gasteiger partial charge in [-0.05, 0) is 54.2 Å². The molecule has 0 saturated carbocycles. The Hall–Kier alpha value is -2.94. The molecule has 2 aromatic carbocycles. The van der Waals surface area contributed by atoms with E-state index in [1.54, 1.807) is 6.20 Å². The summed E-state index contributed by atoms with van der Waals surface area (Å²) < 4.78 is 7.52. The molecule has 0 saturated heterocycles. The van der Waals surface area contributed by atoms with Crippen LogP contribution in [0.4, 0.5) is 11.4 Å². The molecule has 4 rings (SSSR count). The number of methoxy groups -OCH3 is 1. The maximum atomic E-state index is 11.8. The van der Waals surface area contributed by atoms with Gasteiger partial charge in [0.2, 0.25) is 0 Å². The van der Waals surface area contributed by atoms with E-state index < -0.39 is 5.97 Å². The van der Waals surface area contributed by atoms with Crippen LogP contribution in [0, 0.1) is 0 Å². The Bertz CT molecular complexity index is 1200. The van der Waals surface area contributed by atoms with Crippen molar-refractivity contribution >= 4 is 67.7 Å². The summed E-state index contributed by atoms with van der Waals surface area (Å²) in [6, 6.07) is 15.5. The molecule has 0 aliphatic rings. The van der Waals surface area contributed by atoms with Crippen LogP contribution in [0.2, 0.25) is 5.02 Å². The molecule has 6 nitrogen and oxygen atoms in total. The van der Waals surface area contributed by atoms with E-state index in [-0.39, 0.29) is 0 Å². The lowest BCUT2D eigenvalue weighted by atomic mass is 10.2. The Morgan fingerprint density at radius 2 is 1.93 bits per heavy atom. The van der Waals surface area contributed by atoms with Crippen LogP contribution in [-0.2, 0) is 11.3 Å². The number of carbonyl (C=O) groups is 1. The highest BCUT2D eigenvalue weighted by atomic mass is 35.5. The smallest absolute Gasteiger partial charge is 0.349 e. The number of aromatic nitrogens is 2. The van der Waals surface area contributed by atoms with Crippen LogP contribution in [0.25, 0.3) is 10.1 Å². The summed E-state index contributed by atoms with van der Waals surface area (Å²) in [5.41, 5.74) is 2.82. The van der Waals surface area contributed by atoms with Gasteiger partial charge in [-0.2, -0.15) is 5.10 Å². The van der Waals surface area contributed by atoms with Crippen LogP contribution in [0.15, 0.2) is 60.9 Å². The van der Waals surface area contributed by atoms with Gasteiger partial charge in [0.15, 0.2) is 5.11 Å². The van der Waals surface area contributed by atoms with Crippen LogP contribution in [0.1, 0.15) is 15.2 Å². The number of thiophene rings is 1. The number of hydrogen-bond donors (Lipinski definition) is 2. The number of halogens is 1. The molecule has 0 aliphatic heterocycles. The van der Waals surface area contributed by atoms with E-state index in [9.17, 15) is 4.79 Å². The third-order valence-corrected chi connectivity index (χ3v) is 6.22. The van der Waals surface area contributed by atoms with Crippen molar-refractivity contribution in [1.82, 2.24) is 9.78 Å². The van der Waals surface area contributed by atoms with Gasteiger partial charge < -0.3 is 15.4 Å². The van der Waals surface area contributed by atoms with Gasteiger partial charge >= 0.3 is 5.97 Å².